The average molecular weight is 486 g/mol. The van der Waals surface area contributed by atoms with E-state index in [9.17, 15) is 14.4 Å². The molecule has 2 aliphatic rings. The van der Waals surface area contributed by atoms with Crippen LogP contribution in [0.5, 0.6) is 0 Å². The normalized spacial score (nSPS) is 17.8. The van der Waals surface area contributed by atoms with Crippen LogP contribution in [0.2, 0.25) is 0 Å². The van der Waals surface area contributed by atoms with E-state index in [1.165, 1.54) is 0 Å². The topological polar surface area (TPSA) is 79.0 Å². The van der Waals surface area contributed by atoms with Crippen molar-refractivity contribution < 1.29 is 19.1 Å². The van der Waals surface area contributed by atoms with Crippen LogP contribution in [-0.2, 0) is 11.3 Å². The summed E-state index contributed by atoms with van der Waals surface area (Å²) in [6.45, 7) is 7.06. The van der Waals surface area contributed by atoms with Crippen molar-refractivity contribution in [1.29, 1.82) is 0 Å². The van der Waals surface area contributed by atoms with Gasteiger partial charge in [-0.15, -0.1) is 0 Å². The maximum atomic E-state index is 13.6. The van der Waals surface area contributed by atoms with Gasteiger partial charge in [0.25, 0.3) is 11.8 Å². The minimum absolute atomic E-state index is 0.104. The fraction of sp³-hybridized carbons (Fsp3) is 0.345. The quantitative estimate of drug-likeness (QED) is 0.535. The highest BCUT2D eigenvalue weighted by molar-refractivity contribution is 6.15. The number of carbonyl (C=O) groups excluding carboxylic acids is 3. The molecule has 1 unspecified atom stereocenters. The molecule has 3 aromatic rings. The molecule has 1 saturated heterocycles. The molecule has 36 heavy (non-hydrogen) atoms. The molecule has 0 saturated carbocycles. The van der Waals surface area contributed by atoms with E-state index in [1.807, 2.05) is 74.2 Å². The molecule has 7 nitrogen and oxygen atoms in total. The summed E-state index contributed by atoms with van der Waals surface area (Å²) in [6.07, 6.45) is 1.27. The van der Waals surface area contributed by atoms with E-state index in [0.29, 0.717) is 36.4 Å². The molecule has 0 spiro atoms. The Morgan fingerprint density at radius 3 is 2.56 bits per heavy atom. The largest absolute Gasteiger partial charge is 0.444 e. The van der Waals surface area contributed by atoms with Crippen LogP contribution in [0.15, 0.2) is 60.7 Å². The third-order valence-electron chi connectivity index (χ3n) is 6.74. The SMILES string of the molecule is CC(C)(C)OC(=O)N1CCCC(N2Cc3cccc(NC(=O)c4cccc5ccccc45)c3C2=O)C1. The number of nitrogens with zero attached hydrogens (tertiary/aromatic N) is 2. The summed E-state index contributed by atoms with van der Waals surface area (Å²) < 4.78 is 5.55. The molecule has 2 heterocycles. The van der Waals surface area contributed by atoms with Gasteiger partial charge in [0.1, 0.15) is 5.60 Å². The number of benzene rings is 3. The summed E-state index contributed by atoms with van der Waals surface area (Å²) in [5.74, 6) is -0.366. The second-order valence-electron chi connectivity index (χ2n) is 10.5. The van der Waals surface area contributed by atoms with Crippen LogP contribution in [0.3, 0.4) is 0 Å². The molecule has 1 atom stereocenters. The first-order valence-electron chi connectivity index (χ1n) is 12.4. The van der Waals surface area contributed by atoms with E-state index >= 15 is 0 Å². The molecule has 7 heteroatoms. The van der Waals surface area contributed by atoms with Crippen molar-refractivity contribution in [3.05, 3.63) is 77.4 Å². The van der Waals surface area contributed by atoms with E-state index in [4.69, 9.17) is 4.74 Å². The van der Waals surface area contributed by atoms with Crippen LogP contribution in [0, 0.1) is 0 Å². The smallest absolute Gasteiger partial charge is 0.410 e. The van der Waals surface area contributed by atoms with Crippen LogP contribution >= 0.6 is 0 Å². The van der Waals surface area contributed by atoms with Crippen molar-refractivity contribution in [3.63, 3.8) is 0 Å². The average Bonchev–Trinajstić information content (AvgIpc) is 3.20. The highest BCUT2D eigenvalue weighted by Crippen LogP contribution is 2.33. The van der Waals surface area contributed by atoms with Crippen molar-refractivity contribution in [1.82, 2.24) is 9.80 Å². The highest BCUT2D eigenvalue weighted by atomic mass is 16.6. The van der Waals surface area contributed by atoms with Gasteiger partial charge in [0.05, 0.1) is 17.3 Å². The lowest BCUT2D eigenvalue weighted by atomic mass is 10.0. The summed E-state index contributed by atoms with van der Waals surface area (Å²) in [6, 6.07) is 18.8. The summed E-state index contributed by atoms with van der Waals surface area (Å²) in [5.41, 5.74) is 1.91. The van der Waals surface area contributed by atoms with Crippen LogP contribution in [-0.4, -0.2) is 52.4 Å². The van der Waals surface area contributed by atoms with Crippen molar-refractivity contribution >= 4 is 34.4 Å². The van der Waals surface area contributed by atoms with E-state index in [1.54, 1.807) is 17.0 Å². The first kappa shape index (κ1) is 23.9. The third kappa shape index (κ3) is 4.65. The Hall–Kier alpha value is -3.87. The molecule has 0 radical (unpaired) electrons. The second kappa shape index (κ2) is 9.30. The lowest BCUT2D eigenvalue weighted by Gasteiger charge is -2.38. The lowest BCUT2D eigenvalue weighted by molar-refractivity contribution is 0.0106. The molecular weight excluding hydrogens is 454 g/mol. The molecular formula is C29H31N3O4. The van der Waals surface area contributed by atoms with Crippen molar-refractivity contribution in [2.75, 3.05) is 18.4 Å². The minimum Gasteiger partial charge on any atom is -0.444 e. The van der Waals surface area contributed by atoms with Gasteiger partial charge in [0.2, 0.25) is 0 Å². The number of ether oxygens (including phenoxy) is 1. The zero-order valence-corrected chi connectivity index (χ0v) is 20.9. The van der Waals surface area contributed by atoms with E-state index < -0.39 is 5.60 Å². The summed E-state index contributed by atoms with van der Waals surface area (Å²) in [4.78, 5) is 43.0. The maximum Gasteiger partial charge on any atom is 0.410 e. The fourth-order valence-corrected chi connectivity index (χ4v) is 5.10. The van der Waals surface area contributed by atoms with Crippen LogP contribution in [0.1, 0.15) is 59.9 Å². The van der Waals surface area contributed by atoms with Crippen molar-refractivity contribution in [2.45, 2.75) is 51.8 Å². The number of nitrogens with one attached hydrogen (secondary N) is 1. The number of piperidine rings is 1. The Bertz CT molecular complexity index is 1340. The maximum absolute atomic E-state index is 13.6. The van der Waals surface area contributed by atoms with Gasteiger partial charge in [0, 0.05) is 25.2 Å². The first-order chi connectivity index (χ1) is 17.2. The van der Waals surface area contributed by atoms with E-state index in [2.05, 4.69) is 5.32 Å². The zero-order chi connectivity index (χ0) is 25.4. The molecule has 5 rings (SSSR count). The standard InChI is InChI=1S/C29H31N3O4/c1-29(2,3)36-28(35)31-16-8-12-21(18-31)32-17-20-11-7-15-24(25(20)27(32)34)30-26(33)23-14-6-10-19-9-4-5-13-22(19)23/h4-7,9-11,13-15,21H,8,12,16-18H2,1-3H3,(H,30,33). The Morgan fingerprint density at radius 1 is 1.00 bits per heavy atom. The van der Waals surface area contributed by atoms with Crippen LogP contribution in [0.4, 0.5) is 10.5 Å². The number of fused-ring (bicyclic) bond motifs is 2. The van der Waals surface area contributed by atoms with Crippen LogP contribution < -0.4 is 5.32 Å². The summed E-state index contributed by atoms with van der Waals surface area (Å²) >= 11 is 0. The molecule has 0 aromatic heterocycles. The number of carbonyl (C=O) groups is 3. The highest BCUT2D eigenvalue weighted by Gasteiger charge is 2.38. The second-order valence-corrected chi connectivity index (χ2v) is 10.5. The molecule has 0 bridgehead atoms. The summed E-state index contributed by atoms with van der Waals surface area (Å²) in [7, 11) is 0. The van der Waals surface area contributed by atoms with Gasteiger partial charge in [-0.25, -0.2) is 4.79 Å². The molecule has 0 aliphatic carbocycles. The van der Waals surface area contributed by atoms with Gasteiger partial charge in [-0.2, -0.15) is 0 Å². The Kier molecular flexibility index (Phi) is 6.16. The Morgan fingerprint density at radius 2 is 1.75 bits per heavy atom. The number of hydrogen-bond acceptors (Lipinski definition) is 4. The molecule has 1 N–H and O–H groups in total. The Labute approximate surface area is 211 Å². The minimum atomic E-state index is -0.569. The molecule has 186 valence electrons. The van der Waals surface area contributed by atoms with Crippen LogP contribution in [0.25, 0.3) is 10.8 Å². The number of likely N-dealkylation sites (tertiary alicyclic amines) is 1. The fourth-order valence-electron chi connectivity index (χ4n) is 5.10. The van der Waals surface area contributed by atoms with Gasteiger partial charge in [-0.05, 0) is 62.1 Å². The van der Waals surface area contributed by atoms with Gasteiger partial charge in [-0.3, -0.25) is 9.59 Å². The predicted octanol–water partition coefficient (Wildman–Crippen LogP) is 5.45. The van der Waals surface area contributed by atoms with E-state index in [-0.39, 0.29) is 23.9 Å². The third-order valence-corrected chi connectivity index (χ3v) is 6.74. The number of hydrogen-bond donors (Lipinski definition) is 1. The lowest BCUT2D eigenvalue weighted by Crippen LogP contribution is -2.50. The van der Waals surface area contributed by atoms with Gasteiger partial charge >= 0.3 is 6.09 Å². The predicted molar refractivity (Wildman–Crippen MR) is 139 cm³/mol. The molecule has 2 aliphatic heterocycles. The Balaban J connectivity index is 1.35. The monoisotopic (exact) mass is 485 g/mol. The van der Waals surface area contributed by atoms with Gasteiger partial charge in [-0.1, -0.05) is 48.5 Å². The number of anilines is 1. The summed E-state index contributed by atoms with van der Waals surface area (Å²) in [5, 5.41) is 4.83. The van der Waals surface area contributed by atoms with Crippen molar-refractivity contribution in [2.24, 2.45) is 0 Å². The van der Waals surface area contributed by atoms with Crippen molar-refractivity contribution in [3.8, 4) is 0 Å². The molecule has 3 aromatic carbocycles. The number of rotatable bonds is 3. The van der Waals surface area contributed by atoms with Gasteiger partial charge in [0.15, 0.2) is 0 Å². The van der Waals surface area contributed by atoms with Gasteiger partial charge < -0.3 is 19.9 Å². The number of amides is 3. The molecule has 1 fully saturated rings. The first-order valence-corrected chi connectivity index (χ1v) is 12.4. The zero-order valence-electron chi connectivity index (χ0n) is 20.9. The molecule has 3 amide bonds. The van der Waals surface area contributed by atoms with E-state index in [0.717, 1.165) is 29.2 Å².